The topological polar surface area (TPSA) is 38.3 Å². The van der Waals surface area contributed by atoms with Crippen molar-refractivity contribution in [2.24, 2.45) is 0 Å². The zero-order chi connectivity index (χ0) is 23.5. The number of fused-ring (bicyclic) bond motifs is 1. The molecule has 0 aromatic heterocycles. The fourth-order valence-corrected chi connectivity index (χ4v) is 12.9. The van der Waals surface area contributed by atoms with E-state index in [1.54, 1.807) is 0 Å². The minimum atomic E-state index is -1.62. The monoisotopic (exact) mass is 451 g/mol. The van der Waals surface area contributed by atoms with Crippen LogP contribution in [-0.4, -0.2) is 20.7 Å². The summed E-state index contributed by atoms with van der Waals surface area (Å²) in [5.74, 6) is 0.212. The Morgan fingerprint density at radius 2 is 1.62 bits per heavy atom. The molecular weight excluding hydrogens is 410 g/mol. The molecule has 32 heavy (non-hydrogen) atoms. The maximum atomic E-state index is 12.5. The normalized spacial score (nSPS) is 18.6. The first-order valence-corrected chi connectivity index (χ1v) is 14.8. The number of rotatable bonds is 8. The smallest absolute Gasteiger partial charge is 0.338 e. The Bertz CT molecular complexity index is 885. The lowest BCUT2D eigenvalue weighted by Gasteiger charge is -2.47. The lowest BCUT2D eigenvalue weighted by atomic mass is 9.84. The Morgan fingerprint density at radius 3 is 2.19 bits per heavy atom. The average molecular weight is 452 g/mol. The van der Waals surface area contributed by atoms with Crippen LogP contribution >= 0.6 is 0 Å². The van der Waals surface area contributed by atoms with Gasteiger partial charge in [0.15, 0.2) is 0 Å². The molecule has 0 spiro atoms. The molecule has 1 N–H and O–H groups in total. The molecule has 1 aliphatic rings. The van der Waals surface area contributed by atoms with E-state index in [4.69, 9.17) is 4.74 Å². The first kappa shape index (κ1) is 24.6. The molecule has 0 radical (unpaired) electrons. The van der Waals surface area contributed by atoms with Gasteiger partial charge < -0.3 is 10.1 Å². The lowest BCUT2D eigenvalue weighted by Crippen LogP contribution is -2.46. The molecule has 0 amide bonds. The van der Waals surface area contributed by atoms with Gasteiger partial charge in [0, 0.05) is 5.69 Å². The van der Waals surface area contributed by atoms with Crippen LogP contribution in [0.5, 0.6) is 0 Å². The highest BCUT2D eigenvalue weighted by molar-refractivity contribution is 6.83. The molecule has 0 aliphatic carbocycles. The molecule has 1 heterocycles. The van der Waals surface area contributed by atoms with E-state index in [0.717, 1.165) is 6.42 Å². The third-order valence-corrected chi connectivity index (χ3v) is 15.5. The van der Waals surface area contributed by atoms with Crippen LogP contribution in [0.15, 0.2) is 48.5 Å². The molecule has 3 rings (SSSR count). The summed E-state index contributed by atoms with van der Waals surface area (Å²) in [6.45, 7) is 16.9. The third kappa shape index (κ3) is 4.80. The number of nitrogens with one attached hydrogen (secondary N) is 1. The van der Waals surface area contributed by atoms with Crippen molar-refractivity contribution in [2.45, 2.75) is 89.5 Å². The van der Waals surface area contributed by atoms with Crippen LogP contribution in [0.25, 0.3) is 0 Å². The first-order chi connectivity index (χ1) is 15.2. The Balaban J connectivity index is 2.07. The van der Waals surface area contributed by atoms with E-state index in [2.05, 4.69) is 89.3 Å². The maximum absolute atomic E-state index is 12.5. The molecule has 2 atom stereocenters. The van der Waals surface area contributed by atoms with Crippen molar-refractivity contribution in [3.63, 3.8) is 0 Å². The van der Waals surface area contributed by atoms with Gasteiger partial charge >= 0.3 is 5.97 Å². The molecule has 0 bridgehead atoms. The van der Waals surface area contributed by atoms with E-state index in [0.29, 0.717) is 40.8 Å². The van der Waals surface area contributed by atoms with E-state index in [1.165, 1.54) is 22.9 Å². The molecule has 174 valence electrons. The zero-order valence-corrected chi connectivity index (χ0v) is 21.9. The van der Waals surface area contributed by atoms with Crippen LogP contribution in [0.3, 0.4) is 0 Å². The van der Waals surface area contributed by atoms with Gasteiger partial charge in [0.2, 0.25) is 0 Å². The molecule has 0 saturated carbocycles. The highest BCUT2D eigenvalue weighted by Crippen LogP contribution is 2.52. The van der Waals surface area contributed by atoms with E-state index < -0.39 is 8.07 Å². The standard InChI is InChI=1S/C28H41NO2Si/c1-8-31-28(30)23-14-15-26-25(16-23)24(17-27(29-26)22-12-10-9-11-13-22)18-32(19(2)3,20(4)5)21(6)7/h9-16,19-21,24,27,29H,8,17-18H2,1-7H3/t24-,27+/m0/s1. The van der Waals surface area contributed by atoms with Crippen molar-refractivity contribution >= 4 is 19.7 Å². The number of ether oxygens (including phenoxy) is 1. The quantitative estimate of drug-likeness (QED) is 0.325. The molecule has 0 unspecified atom stereocenters. The number of carbonyl (C=O) groups excluding carboxylic acids is 1. The van der Waals surface area contributed by atoms with Crippen LogP contribution < -0.4 is 5.32 Å². The van der Waals surface area contributed by atoms with Gasteiger partial charge in [-0.1, -0.05) is 88.5 Å². The summed E-state index contributed by atoms with van der Waals surface area (Å²) >= 11 is 0. The third-order valence-electron chi connectivity index (χ3n) is 7.88. The summed E-state index contributed by atoms with van der Waals surface area (Å²) in [4.78, 5) is 12.5. The van der Waals surface area contributed by atoms with Crippen molar-refractivity contribution in [1.82, 2.24) is 0 Å². The summed E-state index contributed by atoms with van der Waals surface area (Å²) in [5, 5.41) is 3.78. The van der Waals surface area contributed by atoms with Crippen molar-refractivity contribution in [3.8, 4) is 0 Å². The minimum absolute atomic E-state index is 0.223. The number of carbonyl (C=O) groups is 1. The Labute approximate surface area is 196 Å². The number of benzene rings is 2. The zero-order valence-electron chi connectivity index (χ0n) is 20.9. The van der Waals surface area contributed by atoms with E-state index >= 15 is 0 Å². The number of anilines is 1. The Hall–Kier alpha value is -2.07. The second-order valence-electron chi connectivity index (χ2n) is 10.3. The molecule has 3 nitrogen and oxygen atoms in total. The van der Waals surface area contributed by atoms with E-state index in [1.807, 2.05) is 13.0 Å². The van der Waals surface area contributed by atoms with E-state index in [-0.39, 0.29) is 5.97 Å². The van der Waals surface area contributed by atoms with Crippen LogP contribution in [0.2, 0.25) is 22.7 Å². The molecular formula is C28H41NO2Si. The fourth-order valence-electron chi connectivity index (χ4n) is 6.26. The molecule has 0 saturated heterocycles. The minimum Gasteiger partial charge on any atom is -0.462 e. The first-order valence-electron chi connectivity index (χ1n) is 12.3. The van der Waals surface area contributed by atoms with Crippen LogP contribution in [-0.2, 0) is 4.74 Å². The summed E-state index contributed by atoms with van der Waals surface area (Å²) in [5.41, 5.74) is 6.60. The average Bonchev–Trinajstić information content (AvgIpc) is 2.76. The van der Waals surface area contributed by atoms with Crippen molar-refractivity contribution < 1.29 is 9.53 Å². The molecule has 2 aromatic carbocycles. The van der Waals surface area contributed by atoms with Gasteiger partial charge in [-0.05, 0) is 54.6 Å². The summed E-state index contributed by atoms with van der Waals surface area (Å²) in [6, 6.07) is 18.4. The predicted octanol–water partition coefficient (Wildman–Crippen LogP) is 8.18. The van der Waals surface area contributed by atoms with Gasteiger partial charge in [-0.15, -0.1) is 0 Å². The van der Waals surface area contributed by atoms with Gasteiger partial charge in [-0.2, -0.15) is 0 Å². The SMILES string of the molecule is CCOC(=O)c1ccc2c(c1)[C@H](C[Si](C(C)C)(C(C)C)C(C)C)C[C@H](c1ccccc1)N2. The highest BCUT2D eigenvalue weighted by atomic mass is 28.3. The predicted molar refractivity (Wildman–Crippen MR) is 138 cm³/mol. The maximum Gasteiger partial charge on any atom is 0.338 e. The number of esters is 1. The van der Waals surface area contributed by atoms with Gasteiger partial charge in [0.05, 0.1) is 26.3 Å². The second-order valence-corrected chi connectivity index (χ2v) is 16.4. The molecule has 0 fully saturated rings. The summed E-state index contributed by atoms with van der Waals surface area (Å²) in [7, 11) is -1.62. The van der Waals surface area contributed by atoms with Crippen LogP contribution in [0.4, 0.5) is 5.69 Å². The van der Waals surface area contributed by atoms with Crippen LogP contribution in [0.1, 0.15) is 88.3 Å². The fraction of sp³-hybridized carbons (Fsp3) is 0.536. The Morgan fingerprint density at radius 1 is 1.00 bits per heavy atom. The lowest BCUT2D eigenvalue weighted by molar-refractivity contribution is 0.0526. The van der Waals surface area contributed by atoms with Crippen molar-refractivity contribution in [1.29, 1.82) is 0 Å². The molecule has 4 heteroatoms. The highest BCUT2D eigenvalue weighted by Gasteiger charge is 2.45. The summed E-state index contributed by atoms with van der Waals surface area (Å²) < 4.78 is 5.31. The largest absolute Gasteiger partial charge is 0.462 e. The molecule has 2 aromatic rings. The van der Waals surface area contributed by atoms with Gasteiger partial charge in [-0.25, -0.2) is 4.79 Å². The number of hydrogen-bond acceptors (Lipinski definition) is 3. The van der Waals surface area contributed by atoms with E-state index in [9.17, 15) is 4.79 Å². The van der Waals surface area contributed by atoms with Gasteiger partial charge in [-0.3, -0.25) is 0 Å². The Kier molecular flexibility index (Phi) is 7.87. The molecule has 1 aliphatic heterocycles. The van der Waals surface area contributed by atoms with Crippen LogP contribution in [0, 0.1) is 0 Å². The van der Waals surface area contributed by atoms with Crippen molar-refractivity contribution in [2.75, 3.05) is 11.9 Å². The van der Waals surface area contributed by atoms with Gasteiger partial charge in [0.25, 0.3) is 0 Å². The second kappa shape index (κ2) is 10.2. The van der Waals surface area contributed by atoms with Crippen molar-refractivity contribution in [3.05, 3.63) is 65.2 Å². The number of hydrogen-bond donors (Lipinski definition) is 1. The van der Waals surface area contributed by atoms with Gasteiger partial charge in [0.1, 0.15) is 0 Å². The summed E-state index contributed by atoms with van der Waals surface area (Å²) in [6.07, 6.45) is 1.06.